The zero-order chi connectivity index (χ0) is 14.4. The Hall–Kier alpha value is -0.860. The van der Waals surface area contributed by atoms with Gasteiger partial charge in [-0.1, -0.05) is 45.0 Å². The lowest BCUT2D eigenvalue weighted by atomic mass is 9.88. The molecule has 2 nitrogen and oxygen atoms in total. The topological polar surface area (TPSA) is 21.3 Å². The van der Waals surface area contributed by atoms with Crippen molar-refractivity contribution in [2.75, 3.05) is 19.8 Å². The van der Waals surface area contributed by atoms with Crippen LogP contribution in [-0.2, 0) is 11.2 Å². The first-order valence-electron chi connectivity index (χ1n) is 8.10. The van der Waals surface area contributed by atoms with Gasteiger partial charge >= 0.3 is 0 Å². The van der Waals surface area contributed by atoms with E-state index in [1.54, 1.807) is 0 Å². The predicted molar refractivity (Wildman–Crippen MR) is 85.2 cm³/mol. The van der Waals surface area contributed by atoms with Crippen molar-refractivity contribution in [3.8, 4) is 0 Å². The third-order valence-corrected chi connectivity index (χ3v) is 4.27. The summed E-state index contributed by atoms with van der Waals surface area (Å²) in [5, 5.41) is 3.69. The van der Waals surface area contributed by atoms with Crippen molar-refractivity contribution >= 4 is 0 Å². The van der Waals surface area contributed by atoms with Crippen LogP contribution in [0.1, 0.15) is 50.7 Å². The van der Waals surface area contributed by atoms with Crippen molar-refractivity contribution in [1.82, 2.24) is 5.32 Å². The van der Waals surface area contributed by atoms with Gasteiger partial charge in [0.1, 0.15) is 0 Å². The van der Waals surface area contributed by atoms with Crippen molar-refractivity contribution in [2.45, 2.75) is 52.0 Å². The van der Waals surface area contributed by atoms with Crippen LogP contribution < -0.4 is 5.32 Å². The molecule has 0 spiro atoms. The summed E-state index contributed by atoms with van der Waals surface area (Å²) in [6, 6.07) is 9.76. The minimum atomic E-state index is 0.611. The Bertz CT molecular complexity index is 385. The molecular weight excluding hydrogens is 246 g/mol. The van der Waals surface area contributed by atoms with E-state index in [2.05, 4.69) is 50.4 Å². The van der Waals surface area contributed by atoms with E-state index in [0.29, 0.717) is 17.9 Å². The molecule has 0 bridgehead atoms. The fraction of sp³-hybridized carbons (Fsp3) is 0.667. The zero-order valence-corrected chi connectivity index (χ0v) is 13.2. The summed E-state index contributed by atoms with van der Waals surface area (Å²) in [6.45, 7) is 9.64. The lowest BCUT2D eigenvalue weighted by Gasteiger charge is -2.32. The number of hydrogen-bond donors (Lipinski definition) is 1. The number of rotatable bonds is 6. The minimum absolute atomic E-state index is 0.611. The third kappa shape index (κ3) is 4.32. The number of hydrogen-bond acceptors (Lipinski definition) is 2. The standard InChI is InChI=1S/C18H29NO/c1-4-10-19-18-9-11-20-13-17(18)12-15-5-7-16(8-6-15)14(2)3/h5-8,14,17-19H,4,9-13H2,1-3H3. The molecule has 1 heterocycles. The molecule has 0 aliphatic carbocycles. The summed E-state index contributed by atoms with van der Waals surface area (Å²) < 4.78 is 5.69. The maximum absolute atomic E-state index is 5.69. The van der Waals surface area contributed by atoms with Crippen molar-refractivity contribution < 1.29 is 4.74 Å². The van der Waals surface area contributed by atoms with Gasteiger partial charge in [0, 0.05) is 18.6 Å². The first-order valence-corrected chi connectivity index (χ1v) is 8.10. The summed E-state index contributed by atoms with van der Waals surface area (Å²) in [5.41, 5.74) is 2.86. The van der Waals surface area contributed by atoms with E-state index >= 15 is 0 Å². The lowest BCUT2D eigenvalue weighted by molar-refractivity contribution is 0.0323. The molecule has 1 aliphatic rings. The molecule has 1 fully saturated rings. The van der Waals surface area contributed by atoms with Gasteiger partial charge in [-0.25, -0.2) is 0 Å². The summed E-state index contributed by atoms with van der Waals surface area (Å²) >= 11 is 0. The van der Waals surface area contributed by atoms with E-state index in [9.17, 15) is 0 Å². The van der Waals surface area contributed by atoms with Crippen molar-refractivity contribution in [3.05, 3.63) is 35.4 Å². The quantitative estimate of drug-likeness (QED) is 0.853. The maximum atomic E-state index is 5.69. The fourth-order valence-electron chi connectivity index (χ4n) is 2.94. The lowest BCUT2D eigenvalue weighted by Crippen LogP contribution is -2.43. The highest BCUT2D eigenvalue weighted by Crippen LogP contribution is 2.21. The molecular formula is C18H29NO. The average Bonchev–Trinajstić information content (AvgIpc) is 2.47. The van der Waals surface area contributed by atoms with Gasteiger partial charge in [0.25, 0.3) is 0 Å². The summed E-state index contributed by atoms with van der Waals surface area (Å²) in [5.74, 6) is 1.22. The molecule has 1 aromatic rings. The van der Waals surface area contributed by atoms with Crippen LogP contribution >= 0.6 is 0 Å². The summed E-state index contributed by atoms with van der Waals surface area (Å²) in [7, 11) is 0. The highest BCUT2D eigenvalue weighted by Gasteiger charge is 2.25. The van der Waals surface area contributed by atoms with Gasteiger partial charge in [0.05, 0.1) is 6.61 Å². The predicted octanol–water partition coefficient (Wildman–Crippen LogP) is 3.76. The minimum Gasteiger partial charge on any atom is -0.381 e. The number of ether oxygens (including phenoxy) is 1. The van der Waals surface area contributed by atoms with Gasteiger partial charge in [-0.15, -0.1) is 0 Å². The van der Waals surface area contributed by atoms with Crippen LogP contribution in [0, 0.1) is 5.92 Å². The Kier molecular flexibility index (Phi) is 6.06. The van der Waals surface area contributed by atoms with Crippen LogP contribution in [0.5, 0.6) is 0 Å². The van der Waals surface area contributed by atoms with Crippen molar-refractivity contribution in [1.29, 1.82) is 0 Å². The molecule has 1 N–H and O–H groups in total. The van der Waals surface area contributed by atoms with Gasteiger partial charge in [0.15, 0.2) is 0 Å². The SMILES string of the molecule is CCCNC1CCOCC1Cc1ccc(C(C)C)cc1. The molecule has 2 unspecified atom stereocenters. The molecule has 2 heteroatoms. The Morgan fingerprint density at radius 3 is 2.65 bits per heavy atom. The van der Waals surface area contributed by atoms with Gasteiger partial charge in [-0.2, -0.15) is 0 Å². The molecule has 1 aromatic carbocycles. The smallest absolute Gasteiger partial charge is 0.0512 e. The average molecular weight is 275 g/mol. The van der Waals surface area contributed by atoms with E-state index in [1.165, 1.54) is 17.5 Å². The van der Waals surface area contributed by atoms with Gasteiger partial charge < -0.3 is 10.1 Å². The van der Waals surface area contributed by atoms with Crippen LogP contribution in [0.25, 0.3) is 0 Å². The second kappa shape index (κ2) is 7.80. The Morgan fingerprint density at radius 1 is 1.25 bits per heavy atom. The molecule has 2 atom stereocenters. The largest absolute Gasteiger partial charge is 0.381 e. The monoisotopic (exact) mass is 275 g/mol. The highest BCUT2D eigenvalue weighted by atomic mass is 16.5. The normalized spacial score (nSPS) is 23.2. The molecule has 2 rings (SSSR count). The Morgan fingerprint density at radius 2 is 2.00 bits per heavy atom. The summed E-state index contributed by atoms with van der Waals surface area (Å²) in [6.07, 6.45) is 3.47. The highest BCUT2D eigenvalue weighted by molar-refractivity contribution is 5.25. The van der Waals surface area contributed by atoms with E-state index in [4.69, 9.17) is 4.74 Å². The number of benzene rings is 1. The van der Waals surface area contributed by atoms with E-state index in [0.717, 1.165) is 32.6 Å². The molecule has 0 amide bonds. The van der Waals surface area contributed by atoms with Crippen LogP contribution in [0.3, 0.4) is 0 Å². The van der Waals surface area contributed by atoms with E-state index in [1.807, 2.05) is 0 Å². The van der Waals surface area contributed by atoms with Crippen molar-refractivity contribution in [3.63, 3.8) is 0 Å². The second-order valence-corrected chi connectivity index (χ2v) is 6.28. The Labute approximate surface area is 123 Å². The van der Waals surface area contributed by atoms with Crippen LogP contribution in [0.4, 0.5) is 0 Å². The van der Waals surface area contributed by atoms with E-state index in [-0.39, 0.29) is 0 Å². The van der Waals surface area contributed by atoms with Crippen molar-refractivity contribution in [2.24, 2.45) is 5.92 Å². The number of nitrogens with one attached hydrogen (secondary N) is 1. The molecule has 0 aromatic heterocycles. The molecule has 1 aliphatic heterocycles. The zero-order valence-electron chi connectivity index (χ0n) is 13.2. The third-order valence-electron chi connectivity index (χ3n) is 4.27. The van der Waals surface area contributed by atoms with Crippen LogP contribution in [0.2, 0.25) is 0 Å². The molecule has 112 valence electrons. The molecule has 1 saturated heterocycles. The fourth-order valence-corrected chi connectivity index (χ4v) is 2.94. The molecule has 0 radical (unpaired) electrons. The van der Waals surface area contributed by atoms with Gasteiger partial charge in [-0.05, 0) is 42.9 Å². The molecule has 20 heavy (non-hydrogen) atoms. The van der Waals surface area contributed by atoms with Gasteiger partial charge in [-0.3, -0.25) is 0 Å². The second-order valence-electron chi connectivity index (χ2n) is 6.28. The van der Waals surface area contributed by atoms with Crippen LogP contribution in [-0.4, -0.2) is 25.8 Å². The van der Waals surface area contributed by atoms with Crippen LogP contribution in [0.15, 0.2) is 24.3 Å². The first-order chi connectivity index (χ1) is 9.70. The first kappa shape index (κ1) is 15.5. The van der Waals surface area contributed by atoms with E-state index < -0.39 is 0 Å². The summed E-state index contributed by atoms with van der Waals surface area (Å²) in [4.78, 5) is 0. The molecule has 0 saturated carbocycles. The van der Waals surface area contributed by atoms with Gasteiger partial charge in [0.2, 0.25) is 0 Å². The maximum Gasteiger partial charge on any atom is 0.0512 e. The Balaban J connectivity index is 1.95.